The fraction of sp³-hybridized carbons (Fsp3) is 0.200. The van der Waals surface area contributed by atoms with Crippen LogP contribution in [0.15, 0.2) is 36.9 Å². The van der Waals surface area contributed by atoms with E-state index in [1.807, 2.05) is 0 Å². The summed E-state index contributed by atoms with van der Waals surface area (Å²) >= 11 is 0. The van der Waals surface area contributed by atoms with E-state index in [4.69, 9.17) is 9.47 Å². The van der Waals surface area contributed by atoms with Crippen LogP contribution < -0.4 is 14.8 Å². The van der Waals surface area contributed by atoms with Gasteiger partial charge < -0.3 is 14.8 Å². The van der Waals surface area contributed by atoms with Gasteiger partial charge in [-0.2, -0.15) is 13.2 Å². The highest BCUT2D eigenvalue weighted by Gasteiger charge is 2.32. The first-order chi connectivity index (χ1) is 14.7. The van der Waals surface area contributed by atoms with E-state index in [0.29, 0.717) is 34.3 Å². The van der Waals surface area contributed by atoms with Gasteiger partial charge in [-0.05, 0) is 23.8 Å². The predicted octanol–water partition coefficient (Wildman–Crippen LogP) is 4.83. The minimum absolute atomic E-state index is 0.0638. The van der Waals surface area contributed by atoms with E-state index < -0.39 is 22.4 Å². The zero-order valence-corrected chi connectivity index (χ0v) is 16.5. The Bertz CT molecular complexity index is 1170. The normalized spacial score (nSPS) is 11.3. The highest BCUT2D eigenvalue weighted by atomic mass is 19.4. The monoisotopic (exact) mass is 434 g/mol. The third-order valence-corrected chi connectivity index (χ3v) is 4.38. The molecule has 0 aliphatic rings. The number of nitrogens with zero attached hydrogens (tertiary/aromatic N) is 3. The van der Waals surface area contributed by atoms with Crippen LogP contribution in [0.25, 0.3) is 17.0 Å². The maximum atomic E-state index is 13.1. The second kappa shape index (κ2) is 8.46. The number of nitro groups is 1. The first kappa shape index (κ1) is 21.8. The molecule has 0 saturated carbocycles. The fourth-order valence-corrected chi connectivity index (χ4v) is 2.93. The zero-order chi connectivity index (χ0) is 22.8. The Hall–Kier alpha value is -3.89. The van der Waals surface area contributed by atoms with Gasteiger partial charge in [0.2, 0.25) is 0 Å². The van der Waals surface area contributed by atoms with Gasteiger partial charge in [0.05, 0.1) is 30.2 Å². The summed E-state index contributed by atoms with van der Waals surface area (Å²) in [5.41, 5.74) is -1.21. The van der Waals surface area contributed by atoms with Crippen molar-refractivity contribution in [2.24, 2.45) is 0 Å². The lowest BCUT2D eigenvalue weighted by atomic mass is 10.1. The maximum absolute atomic E-state index is 13.1. The molecule has 0 amide bonds. The van der Waals surface area contributed by atoms with Crippen molar-refractivity contribution in [3.8, 4) is 11.5 Å². The first-order valence-corrected chi connectivity index (χ1v) is 8.82. The Balaban J connectivity index is 2.05. The van der Waals surface area contributed by atoms with Crippen LogP contribution >= 0.6 is 0 Å². The third-order valence-electron chi connectivity index (χ3n) is 4.38. The van der Waals surface area contributed by atoms with Crippen molar-refractivity contribution < 1.29 is 27.6 Å². The van der Waals surface area contributed by atoms with Crippen LogP contribution in [-0.4, -0.2) is 29.1 Å². The lowest BCUT2D eigenvalue weighted by molar-refractivity contribution is -0.385. The molecule has 1 heterocycles. The molecule has 0 aliphatic heterocycles. The molecule has 3 rings (SSSR count). The molecule has 162 valence electrons. The number of methoxy groups -OCH3 is 2. The number of alkyl halides is 3. The van der Waals surface area contributed by atoms with E-state index in [0.717, 1.165) is 12.1 Å². The zero-order valence-electron chi connectivity index (χ0n) is 16.5. The van der Waals surface area contributed by atoms with Crippen molar-refractivity contribution >= 4 is 28.5 Å². The van der Waals surface area contributed by atoms with Crippen molar-refractivity contribution in [1.82, 2.24) is 9.97 Å². The summed E-state index contributed by atoms with van der Waals surface area (Å²) in [5.74, 6) is 1.41. The molecule has 0 unspecified atom stereocenters. The molecule has 1 N–H and O–H groups in total. The molecule has 8 nitrogen and oxygen atoms in total. The molecule has 0 bridgehead atoms. The minimum Gasteiger partial charge on any atom is -0.493 e. The summed E-state index contributed by atoms with van der Waals surface area (Å²) < 4.78 is 50.0. The van der Waals surface area contributed by atoms with Crippen LogP contribution in [-0.2, 0) is 12.7 Å². The Morgan fingerprint density at radius 2 is 1.81 bits per heavy atom. The molecule has 0 fully saturated rings. The number of aromatic nitrogens is 2. The number of nitrogens with one attached hydrogen (secondary N) is 1. The maximum Gasteiger partial charge on any atom is 0.416 e. The van der Waals surface area contributed by atoms with Crippen LogP contribution in [0.2, 0.25) is 0 Å². The summed E-state index contributed by atoms with van der Waals surface area (Å²) in [4.78, 5) is 18.8. The van der Waals surface area contributed by atoms with Gasteiger partial charge in [-0.15, -0.1) is 0 Å². The number of rotatable bonds is 7. The summed E-state index contributed by atoms with van der Waals surface area (Å²) in [5, 5.41) is 14.5. The lowest BCUT2D eigenvalue weighted by Crippen LogP contribution is -2.09. The summed E-state index contributed by atoms with van der Waals surface area (Å²) in [6, 6.07) is 5.67. The molecule has 11 heteroatoms. The van der Waals surface area contributed by atoms with Crippen molar-refractivity contribution in [1.29, 1.82) is 0 Å². The number of benzene rings is 2. The van der Waals surface area contributed by atoms with E-state index in [2.05, 4.69) is 21.9 Å². The van der Waals surface area contributed by atoms with Gasteiger partial charge in [-0.1, -0.05) is 6.58 Å². The van der Waals surface area contributed by atoms with E-state index in [9.17, 15) is 23.3 Å². The topological polar surface area (TPSA) is 99.4 Å². The standard InChI is InChI=1S/C20H17F3N4O4/c1-4-18-25-15-9-17(31-3)16(30-2)8-14(15)19(26-18)24-10-11-5-12(20(21,22)23)7-13(6-11)27(28)29/h4-9H,1,10H2,2-3H3,(H,24,25,26). The van der Waals surface area contributed by atoms with Crippen molar-refractivity contribution in [3.05, 3.63) is 64.0 Å². The summed E-state index contributed by atoms with van der Waals surface area (Å²) in [6.07, 6.45) is -3.31. The van der Waals surface area contributed by atoms with Crippen LogP contribution in [0.3, 0.4) is 0 Å². The SMILES string of the molecule is C=Cc1nc(NCc2cc([N+](=O)[O-])cc(C(F)(F)F)c2)c2cc(OC)c(OC)cc2n1. The van der Waals surface area contributed by atoms with Gasteiger partial charge >= 0.3 is 6.18 Å². The molecule has 31 heavy (non-hydrogen) atoms. The average Bonchev–Trinajstić information content (AvgIpc) is 2.75. The number of fused-ring (bicyclic) bond motifs is 1. The molecular formula is C20H17F3N4O4. The molecule has 3 aromatic rings. The van der Waals surface area contributed by atoms with Crippen LogP contribution in [0.4, 0.5) is 24.7 Å². The first-order valence-electron chi connectivity index (χ1n) is 8.82. The number of nitro benzene ring substituents is 1. The molecule has 0 aliphatic carbocycles. The molecule has 1 aromatic heterocycles. The van der Waals surface area contributed by atoms with Crippen LogP contribution in [0.1, 0.15) is 17.0 Å². The third kappa shape index (κ3) is 4.65. The quantitative estimate of drug-likeness (QED) is 0.420. The molecule has 2 aromatic carbocycles. The summed E-state index contributed by atoms with van der Waals surface area (Å²) in [7, 11) is 2.93. The van der Waals surface area contributed by atoms with Gasteiger partial charge in [0.25, 0.3) is 5.69 Å². The van der Waals surface area contributed by atoms with Gasteiger partial charge in [-0.25, -0.2) is 9.97 Å². The molecule has 0 spiro atoms. The van der Waals surface area contributed by atoms with E-state index >= 15 is 0 Å². The highest BCUT2D eigenvalue weighted by molar-refractivity contribution is 5.92. The Morgan fingerprint density at radius 1 is 1.13 bits per heavy atom. The van der Waals surface area contributed by atoms with E-state index in [-0.39, 0.29) is 17.9 Å². The molecular weight excluding hydrogens is 417 g/mol. The summed E-state index contributed by atoms with van der Waals surface area (Å²) in [6.45, 7) is 3.48. The number of ether oxygens (including phenoxy) is 2. The van der Waals surface area contributed by atoms with Crippen molar-refractivity contribution in [2.75, 3.05) is 19.5 Å². The Labute approximate surface area is 174 Å². The molecule has 0 radical (unpaired) electrons. The second-order valence-electron chi connectivity index (χ2n) is 6.36. The minimum atomic E-state index is -4.72. The van der Waals surface area contributed by atoms with Crippen molar-refractivity contribution in [3.63, 3.8) is 0 Å². The number of non-ortho nitro benzene ring substituents is 1. The Morgan fingerprint density at radius 3 is 2.39 bits per heavy atom. The second-order valence-corrected chi connectivity index (χ2v) is 6.36. The number of anilines is 1. The van der Waals surface area contributed by atoms with Gasteiger partial charge in [0, 0.05) is 30.1 Å². The smallest absolute Gasteiger partial charge is 0.416 e. The fourth-order valence-electron chi connectivity index (χ4n) is 2.93. The average molecular weight is 434 g/mol. The molecule has 0 saturated heterocycles. The number of halogens is 3. The van der Waals surface area contributed by atoms with E-state index in [1.54, 1.807) is 12.1 Å². The Kier molecular flexibility index (Phi) is 5.95. The molecule has 0 atom stereocenters. The lowest BCUT2D eigenvalue weighted by Gasteiger charge is -2.14. The van der Waals surface area contributed by atoms with E-state index in [1.165, 1.54) is 20.3 Å². The van der Waals surface area contributed by atoms with Crippen LogP contribution in [0, 0.1) is 10.1 Å². The van der Waals surface area contributed by atoms with Gasteiger partial charge in [0.1, 0.15) is 5.82 Å². The van der Waals surface area contributed by atoms with Crippen molar-refractivity contribution in [2.45, 2.75) is 12.7 Å². The predicted molar refractivity (Wildman–Crippen MR) is 108 cm³/mol. The van der Waals surface area contributed by atoms with Gasteiger partial charge in [0.15, 0.2) is 17.3 Å². The highest BCUT2D eigenvalue weighted by Crippen LogP contribution is 2.35. The number of hydrogen-bond donors (Lipinski definition) is 1. The number of hydrogen-bond acceptors (Lipinski definition) is 7. The van der Waals surface area contributed by atoms with Gasteiger partial charge in [-0.3, -0.25) is 10.1 Å². The largest absolute Gasteiger partial charge is 0.493 e. The van der Waals surface area contributed by atoms with Crippen LogP contribution in [0.5, 0.6) is 11.5 Å².